The van der Waals surface area contributed by atoms with E-state index in [0.29, 0.717) is 10.5 Å². The molecule has 1 aromatic carbocycles. The van der Waals surface area contributed by atoms with Crippen molar-refractivity contribution in [3.05, 3.63) is 34.1 Å². The summed E-state index contributed by atoms with van der Waals surface area (Å²) in [4.78, 5) is 0. The van der Waals surface area contributed by atoms with Crippen molar-refractivity contribution in [2.45, 2.75) is 42.6 Å². The summed E-state index contributed by atoms with van der Waals surface area (Å²) in [7, 11) is 0. The minimum atomic E-state index is -0.241. The van der Waals surface area contributed by atoms with Crippen LogP contribution < -0.4 is 0 Å². The van der Waals surface area contributed by atoms with Gasteiger partial charge in [-0.1, -0.05) is 30.7 Å². The van der Waals surface area contributed by atoms with Crippen LogP contribution in [0.4, 0.5) is 4.39 Å². The molecule has 1 aliphatic carbocycles. The van der Waals surface area contributed by atoms with Crippen LogP contribution in [0.5, 0.6) is 0 Å². The maximum absolute atomic E-state index is 13.2. The van der Waals surface area contributed by atoms with Crippen molar-refractivity contribution in [3.63, 3.8) is 0 Å². The fourth-order valence-electron chi connectivity index (χ4n) is 2.44. The Morgan fingerprint density at radius 1 is 1.35 bits per heavy atom. The summed E-state index contributed by atoms with van der Waals surface area (Å²) in [5, 5.41) is 12.8. The van der Waals surface area contributed by atoms with Crippen LogP contribution in [0.15, 0.2) is 27.8 Å². The lowest BCUT2D eigenvalue weighted by Gasteiger charge is -2.10. The zero-order chi connectivity index (χ0) is 13.9. The molecule has 0 bridgehead atoms. The van der Waals surface area contributed by atoms with Crippen molar-refractivity contribution < 1.29 is 4.39 Å². The fourth-order valence-corrected chi connectivity index (χ4v) is 3.75. The Kier molecular flexibility index (Phi) is 4.35. The van der Waals surface area contributed by atoms with Crippen LogP contribution in [0.2, 0.25) is 0 Å². The third-order valence-electron chi connectivity index (χ3n) is 3.49. The molecule has 7 heteroatoms. The number of aromatic nitrogens is 4. The maximum Gasteiger partial charge on any atom is 0.209 e. The van der Waals surface area contributed by atoms with Gasteiger partial charge in [-0.15, -0.1) is 5.10 Å². The highest BCUT2D eigenvalue weighted by atomic mass is 79.9. The van der Waals surface area contributed by atoms with Gasteiger partial charge < -0.3 is 0 Å². The molecule has 0 radical (unpaired) electrons. The molecular formula is C13H14BrFN4S. The molecule has 1 aliphatic rings. The Labute approximate surface area is 129 Å². The molecule has 20 heavy (non-hydrogen) atoms. The summed E-state index contributed by atoms with van der Waals surface area (Å²) in [5.41, 5.74) is 1.05. The van der Waals surface area contributed by atoms with E-state index in [0.717, 1.165) is 29.3 Å². The van der Waals surface area contributed by atoms with Crippen LogP contribution in [0.3, 0.4) is 0 Å². The van der Waals surface area contributed by atoms with Gasteiger partial charge in [0.15, 0.2) is 0 Å². The van der Waals surface area contributed by atoms with E-state index in [1.54, 1.807) is 23.9 Å². The first kappa shape index (κ1) is 14.0. The minimum Gasteiger partial charge on any atom is -0.217 e. The first-order valence-corrected chi connectivity index (χ1v) is 8.36. The Balaban J connectivity index is 1.69. The van der Waals surface area contributed by atoms with Gasteiger partial charge in [0, 0.05) is 5.75 Å². The molecule has 0 saturated heterocycles. The third kappa shape index (κ3) is 3.03. The van der Waals surface area contributed by atoms with Gasteiger partial charge >= 0.3 is 0 Å². The molecule has 0 spiro atoms. The average Bonchev–Trinajstić information content (AvgIpc) is 3.09. The molecule has 1 aromatic heterocycles. The number of hydrogen-bond acceptors (Lipinski definition) is 4. The van der Waals surface area contributed by atoms with E-state index in [9.17, 15) is 4.39 Å². The van der Waals surface area contributed by atoms with Crippen molar-refractivity contribution in [3.8, 4) is 0 Å². The summed E-state index contributed by atoms with van der Waals surface area (Å²) in [6.07, 6.45) is 4.81. The number of thioether (sulfide) groups is 1. The predicted molar refractivity (Wildman–Crippen MR) is 79.0 cm³/mol. The fraction of sp³-hybridized carbons (Fsp3) is 0.462. The van der Waals surface area contributed by atoms with E-state index in [2.05, 4.69) is 31.5 Å². The van der Waals surface area contributed by atoms with Gasteiger partial charge in [0.05, 0.1) is 10.5 Å². The van der Waals surface area contributed by atoms with Gasteiger partial charge in [-0.3, -0.25) is 0 Å². The molecule has 0 aliphatic heterocycles. The molecule has 1 fully saturated rings. The molecule has 0 N–H and O–H groups in total. The van der Waals surface area contributed by atoms with Crippen LogP contribution in [0.25, 0.3) is 0 Å². The molecular weight excluding hydrogens is 343 g/mol. The first-order chi connectivity index (χ1) is 9.74. The van der Waals surface area contributed by atoms with Crippen LogP contribution in [-0.4, -0.2) is 20.2 Å². The van der Waals surface area contributed by atoms with Crippen molar-refractivity contribution in [2.75, 3.05) is 0 Å². The van der Waals surface area contributed by atoms with E-state index in [1.807, 2.05) is 4.68 Å². The zero-order valence-electron chi connectivity index (χ0n) is 10.8. The van der Waals surface area contributed by atoms with E-state index in [1.165, 1.54) is 18.9 Å². The molecule has 2 aromatic rings. The quantitative estimate of drug-likeness (QED) is 0.777. The summed E-state index contributed by atoms with van der Waals surface area (Å²) < 4.78 is 15.6. The normalized spacial score (nSPS) is 15.9. The number of tetrazole rings is 1. The molecule has 4 nitrogen and oxygen atoms in total. The number of rotatable bonds is 4. The second-order valence-corrected chi connectivity index (χ2v) is 6.68. The zero-order valence-corrected chi connectivity index (χ0v) is 13.2. The Morgan fingerprint density at radius 2 is 2.15 bits per heavy atom. The second kappa shape index (κ2) is 6.22. The average molecular weight is 357 g/mol. The Morgan fingerprint density at radius 3 is 2.90 bits per heavy atom. The summed E-state index contributed by atoms with van der Waals surface area (Å²) in [6.45, 7) is 0. The van der Waals surface area contributed by atoms with E-state index < -0.39 is 0 Å². The van der Waals surface area contributed by atoms with E-state index >= 15 is 0 Å². The number of hydrogen-bond donors (Lipinski definition) is 0. The van der Waals surface area contributed by atoms with Gasteiger partial charge in [0.2, 0.25) is 5.16 Å². The topological polar surface area (TPSA) is 43.6 Å². The van der Waals surface area contributed by atoms with Crippen LogP contribution in [-0.2, 0) is 5.75 Å². The van der Waals surface area contributed by atoms with Crippen molar-refractivity contribution >= 4 is 27.7 Å². The van der Waals surface area contributed by atoms with Crippen molar-refractivity contribution in [1.29, 1.82) is 0 Å². The highest BCUT2D eigenvalue weighted by Crippen LogP contribution is 2.32. The summed E-state index contributed by atoms with van der Waals surface area (Å²) in [6, 6.07) is 5.50. The largest absolute Gasteiger partial charge is 0.217 e. The maximum atomic E-state index is 13.2. The van der Waals surface area contributed by atoms with Gasteiger partial charge in [0.25, 0.3) is 0 Å². The second-order valence-electron chi connectivity index (χ2n) is 4.88. The predicted octanol–water partition coefficient (Wildman–Crippen LogP) is 3.98. The Hall–Kier alpha value is -0.950. The molecule has 0 unspecified atom stereocenters. The van der Waals surface area contributed by atoms with E-state index in [-0.39, 0.29) is 5.82 Å². The number of halogens is 2. The lowest BCUT2D eigenvalue weighted by molar-refractivity contribution is 0.423. The highest BCUT2D eigenvalue weighted by molar-refractivity contribution is 9.10. The van der Waals surface area contributed by atoms with Crippen molar-refractivity contribution in [1.82, 2.24) is 20.2 Å². The summed E-state index contributed by atoms with van der Waals surface area (Å²) in [5.74, 6) is 0.487. The smallest absolute Gasteiger partial charge is 0.209 e. The molecule has 1 saturated carbocycles. The highest BCUT2D eigenvalue weighted by Gasteiger charge is 2.21. The standard InChI is InChI=1S/C13H14BrFN4S/c14-11-7-9(5-6-12(11)15)8-20-13-16-17-18-19(13)10-3-1-2-4-10/h5-7,10H,1-4,8H2. The lowest BCUT2D eigenvalue weighted by Crippen LogP contribution is -2.08. The minimum absolute atomic E-state index is 0.241. The number of nitrogens with zero attached hydrogens (tertiary/aromatic N) is 4. The van der Waals surface area contributed by atoms with Gasteiger partial charge in [-0.25, -0.2) is 9.07 Å². The lowest BCUT2D eigenvalue weighted by atomic mass is 10.2. The van der Waals surface area contributed by atoms with Gasteiger partial charge in [-0.05, 0) is 56.9 Å². The molecule has 3 rings (SSSR count). The SMILES string of the molecule is Fc1ccc(CSc2nnnn2C2CCCC2)cc1Br. The molecule has 0 amide bonds. The van der Waals surface area contributed by atoms with Crippen LogP contribution >= 0.6 is 27.7 Å². The molecule has 0 atom stereocenters. The third-order valence-corrected chi connectivity index (χ3v) is 5.10. The Bertz CT molecular complexity index is 598. The van der Waals surface area contributed by atoms with Crippen LogP contribution in [0.1, 0.15) is 37.3 Å². The van der Waals surface area contributed by atoms with Gasteiger partial charge in [0.1, 0.15) is 5.82 Å². The number of benzene rings is 1. The van der Waals surface area contributed by atoms with Gasteiger partial charge in [-0.2, -0.15) is 0 Å². The summed E-state index contributed by atoms with van der Waals surface area (Å²) >= 11 is 4.80. The van der Waals surface area contributed by atoms with Crippen molar-refractivity contribution in [2.24, 2.45) is 0 Å². The first-order valence-electron chi connectivity index (χ1n) is 6.58. The molecule has 1 heterocycles. The van der Waals surface area contributed by atoms with Crippen LogP contribution in [0, 0.1) is 5.82 Å². The molecule has 106 valence electrons. The van der Waals surface area contributed by atoms with E-state index in [4.69, 9.17) is 0 Å². The monoisotopic (exact) mass is 356 g/mol.